The molecule has 0 radical (unpaired) electrons. The lowest BCUT2D eigenvalue weighted by molar-refractivity contribution is 0.107. The van der Waals surface area contributed by atoms with Gasteiger partial charge in [0.25, 0.3) is 0 Å². The minimum atomic E-state index is -1.74. The Kier molecular flexibility index (Phi) is 8.20. The van der Waals surface area contributed by atoms with Crippen molar-refractivity contribution in [1.82, 2.24) is 0 Å². The lowest BCUT2D eigenvalue weighted by Gasteiger charge is -2.38. The molecule has 0 aromatic heterocycles. The van der Waals surface area contributed by atoms with Crippen molar-refractivity contribution >= 4 is 8.32 Å². The van der Waals surface area contributed by atoms with Crippen LogP contribution in [0.25, 0.3) is 0 Å². The molecule has 1 atom stereocenters. The summed E-state index contributed by atoms with van der Waals surface area (Å²) in [6.45, 7) is 16.6. The summed E-state index contributed by atoms with van der Waals surface area (Å²) in [5.41, 5.74) is 1.16. The highest BCUT2D eigenvalue weighted by Crippen LogP contribution is 2.37. The minimum absolute atomic E-state index is 0.121. The van der Waals surface area contributed by atoms with Crippen LogP contribution in [0, 0.1) is 0 Å². The Morgan fingerprint density at radius 3 is 2.29 bits per heavy atom. The van der Waals surface area contributed by atoms with Gasteiger partial charge in [0.2, 0.25) is 0 Å². The van der Waals surface area contributed by atoms with Gasteiger partial charge in [-0.2, -0.15) is 0 Å². The second kappa shape index (κ2) is 9.40. The Morgan fingerprint density at radius 1 is 1.17 bits per heavy atom. The van der Waals surface area contributed by atoms with Crippen LogP contribution in [0.3, 0.4) is 0 Å². The lowest BCUT2D eigenvalue weighted by atomic mass is 10.2. The topological polar surface area (TPSA) is 27.7 Å². The van der Waals surface area contributed by atoms with E-state index in [-0.39, 0.29) is 11.1 Å². The van der Waals surface area contributed by atoms with Crippen molar-refractivity contribution < 1.29 is 13.9 Å². The third-order valence-electron chi connectivity index (χ3n) is 4.72. The maximum atomic E-state index is 6.39. The molecule has 0 aliphatic heterocycles. The number of ether oxygens (including phenoxy) is 2. The van der Waals surface area contributed by atoms with Crippen molar-refractivity contribution in [3.05, 3.63) is 42.5 Å². The van der Waals surface area contributed by atoms with E-state index in [0.29, 0.717) is 6.61 Å². The molecular weight excluding hydrogens is 316 g/mol. The first kappa shape index (κ1) is 20.9. The average Bonchev–Trinajstić information content (AvgIpc) is 2.52. The van der Waals surface area contributed by atoms with Gasteiger partial charge in [0.1, 0.15) is 5.75 Å². The van der Waals surface area contributed by atoms with Crippen molar-refractivity contribution in [2.24, 2.45) is 0 Å². The van der Waals surface area contributed by atoms with Gasteiger partial charge < -0.3 is 13.9 Å². The van der Waals surface area contributed by atoms with Crippen LogP contribution in [0.5, 0.6) is 5.75 Å². The van der Waals surface area contributed by atoms with Crippen molar-refractivity contribution in [1.29, 1.82) is 0 Å². The molecule has 0 fully saturated rings. The molecule has 4 heteroatoms. The molecule has 0 unspecified atom stereocenters. The van der Waals surface area contributed by atoms with Crippen LogP contribution in [0.2, 0.25) is 18.1 Å². The number of hydrogen-bond donors (Lipinski definition) is 0. The third-order valence-corrected chi connectivity index (χ3v) is 9.22. The second-order valence-electron chi connectivity index (χ2n) is 7.70. The fourth-order valence-corrected chi connectivity index (χ4v) is 3.40. The zero-order chi connectivity index (χ0) is 18.2. The van der Waals surface area contributed by atoms with Gasteiger partial charge in [-0.1, -0.05) is 39.0 Å². The van der Waals surface area contributed by atoms with Gasteiger partial charge in [0.05, 0.1) is 19.8 Å². The standard InChI is InChI=1S/C20H34O3Si/c1-8-18(23-24(6,7)20(2,3)4)10-9-15-22-16-17-11-13-19(21-5)14-12-17/h8,11-14,18H,1,9-10,15-16H2,2-7H3/t18-/m1/s1. The Bertz CT molecular complexity index is 489. The van der Waals surface area contributed by atoms with E-state index in [1.54, 1.807) is 7.11 Å². The predicted molar refractivity (Wildman–Crippen MR) is 104 cm³/mol. The lowest BCUT2D eigenvalue weighted by Crippen LogP contribution is -2.43. The van der Waals surface area contributed by atoms with E-state index in [1.807, 2.05) is 30.3 Å². The molecule has 0 amide bonds. The van der Waals surface area contributed by atoms with Gasteiger partial charge >= 0.3 is 0 Å². The van der Waals surface area contributed by atoms with Gasteiger partial charge in [-0.3, -0.25) is 0 Å². The summed E-state index contributed by atoms with van der Waals surface area (Å²) in [4.78, 5) is 0. The molecule has 1 rings (SSSR count). The first-order valence-corrected chi connectivity index (χ1v) is 11.6. The number of benzene rings is 1. The molecular formula is C20H34O3Si. The monoisotopic (exact) mass is 350 g/mol. The van der Waals surface area contributed by atoms with Crippen LogP contribution < -0.4 is 4.74 Å². The maximum absolute atomic E-state index is 6.39. The summed E-state index contributed by atoms with van der Waals surface area (Å²) in [6.07, 6.45) is 3.99. The van der Waals surface area contributed by atoms with Crippen LogP contribution in [-0.2, 0) is 15.8 Å². The van der Waals surface area contributed by atoms with Crippen LogP contribution in [-0.4, -0.2) is 28.1 Å². The van der Waals surface area contributed by atoms with Gasteiger partial charge in [0.15, 0.2) is 8.32 Å². The summed E-state index contributed by atoms with van der Waals surface area (Å²) >= 11 is 0. The Morgan fingerprint density at radius 2 is 1.79 bits per heavy atom. The van der Waals surface area contributed by atoms with Crippen LogP contribution in [0.1, 0.15) is 39.2 Å². The molecule has 1 aromatic carbocycles. The van der Waals surface area contributed by atoms with Gasteiger partial charge in [-0.15, -0.1) is 6.58 Å². The first-order valence-electron chi connectivity index (χ1n) is 8.70. The fourth-order valence-electron chi connectivity index (χ4n) is 2.08. The summed E-state index contributed by atoms with van der Waals surface area (Å²) in [6, 6.07) is 7.98. The zero-order valence-electron chi connectivity index (χ0n) is 16.2. The van der Waals surface area contributed by atoms with E-state index in [4.69, 9.17) is 13.9 Å². The summed E-state index contributed by atoms with van der Waals surface area (Å²) in [5, 5.41) is 0.221. The Balaban J connectivity index is 2.30. The van der Waals surface area contributed by atoms with Gasteiger partial charge in [0, 0.05) is 6.61 Å². The van der Waals surface area contributed by atoms with Crippen molar-refractivity contribution in [3.8, 4) is 5.75 Å². The number of hydrogen-bond acceptors (Lipinski definition) is 3. The number of methoxy groups -OCH3 is 1. The summed E-state index contributed by atoms with van der Waals surface area (Å²) in [5.74, 6) is 0.871. The first-order chi connectivity index (χ1) is 11.2. The van der Waals surface area contributed by atoms with Crippen molar-refractivity contribution in [2.45, 2.75) is 64.5 Å². The van der Waals surface area contributed by atoms with Crippen LogP contribution in [0.4, 0.5) is 0 Å². The second-order valence-corrected chi connectivity index (χ2v) is 12.5. The summed E-state index contributed by atoms with van der Waals surface area (Å²) < 4.78 is 17.3. The highest BCUT2D eigenvalue weighted by Gasteiger charge is 2.38. The molecule has 0 bridgehead atoms. The normalized spacial score (nSPS) is 13.6. The molecule has 1 aromatic rings. The van der Waals surface area contributed by atoms with E-state index >= 15 is 0 Å². The van der Waals surface area contributed by atoms with Crippen molar-refractivity contribution in [2.75, 3.05) is 13.7 Å². The molecule has 136 valence electrons. The smallest absolute Gasteiger partial charge is 0.192 e. The molecule has 0 aliphatic rings. The highest BCUT2D eigenvalue weighted by atomic mass is 28.4. The Hall–Kier alpha value is -1.10. The zero-order valence-corrected chi connectivity index (χ0v) is 17.2. The molecule has 0 N–H and O–H groups in total. The maximum Gasteiger partial charge on any atom is 0.192 e. The quantitative estimate of drug-likeness (QED) is 0.314. The molecule has 0 heterocycles. The van der Waals surface area contributed by atoms with E-state index in [9.17, 15) is 0 Å². The molecule has 0 spiro atoms. The average molecular weight is 351 g/mol. The largest absolute Gasteiger partial charge is 0.497 e. The fraction of sp³-hybridized carbons (Fsp3) is 0.600. The SMILES string of the molecule is C=C[C@H](CCCOCc1ccc(OC)cc1)O[Si](C)(C)C(C)(C)C. The third kappa shape index (κ3) is 6.79. The van der Waals surface area contributed by atoms with E-state index in [0.717, 1.165) is 30.8 Å². The van der Waals surface area contributed by atoms with E-state index in [2.05, 4.69) is 40.4 Å². The minimum Gasteiger partial charge on any atom is -0.497 e. The van der Waals surface area contributed by atoms with Crippen LogP contribution >= 0.6 is 0 Å². The summed E-state index contributed by atoms with van der Waals surface area (Å²) in [7, 11) is -0.0691. The molecule has 0 saturated heterocycles. The molecule has 0 aliphatic carbocycles. The van der Waals surface area contributed by atoms with Gasteiger partial charge in [-0.05, 0) is 48.7 Å². The highest BCUT2D eigenvalue weighted by molar-refractivity contribution is 6.74. The predicted octanol–water partition coefficient (Wildman–Crippen LogP) is 5.57. The van der Waals surface area contributed by atoms with Crippen LogP contribution in [0.15, 0.2) is 36.9 Å². The molecule has 24 heavy (non-hydrogen) atoms. The number of rotatable bonds is 10. The molecule has 0 saturated carbocycles. The van der Waals surface area contributed by atoms with E-state index in [1.165, 1.54) is 0 Å². The Labute approximate surface area is 149 Å². The molecule has 3 nitrogen and oxygen atoms in total. The van der Waals surface area contributed by atoms with Crippen molar-refractivity contribution in [3.63, 3.8) is 0 Å². The van der Waals surface area contributed by atoms with E-state index < -0.39 is 8.32 Å². The van der Waals surface area contributed by atoms with Gasteiger partial charge in [-0.25, -0.2) is 0 Å².